The van der Waals surface area contributed by atoms with Crippen molar-refractivity contribution in [1.82, 2.24) is 9.97 Å². The van der Waals surface area contributed by atoms with Crippen LogP contribution in [0.25, 0.3) is 0 Å². The zero-order valence-corrected chi connectivity index (χ0v) is 16.5. The Morgan fingerprint density at radius 3 is 2.32 bits per heavy atom. The SMILES string of the molecule is Cc1c(Cc2c(Cl)cccc2Cl)nc(N)nc1Nc1ccc(Br)cc1. The van der Waals surface area contributed by atoms with Gasteiger partial charge in [-0.1, -0.05) is 45.2 Å². The van der Waals surface area contributed by atoms with Crippen LogP contribution in [0.4, 0.5) is 17.5 Å². The Labute approximate surface area is 164 Å². The summed E-state index contributed by atoms with van der Waals surface area (Å²) in [6, 6.07) is 13.2. The monoisotopic (exact) mass is 436 g/mol. The zero-order chi connectivity index (χ0) is 18.0. The average molecular weight is 438 g/mol. The van der Waals surface area contributed by atoms with E-state index in [1.54, 1.807) is 0 Å². The van der Waals surface area contributed by atoms with E-state index in [1.807, 2.05) is 49.4 Å². The third-order valence-corrected chi connectivity index (χ3v) is 5.01. The topological polar surface area (TPSA) is 63.8 Å². The van der Waals surface area contributed by atoms with Gasteiger partial charge in [-0.3, -0.25) is 0 Å². The van der Waals surface area contributed by atoms with Crippen LogP contribution in [0.1, 0.15) is 16.8 Å². The van der Waals surface area contributed by atoms with Crippen molar-refractivity contribution in [2.24, 2.45) is 0 Å². The molecule has 0 aliphatic heterocycles. The lowest BCUT2D eigenvalue weighted by molar-refractivity contribution is 1.01. The molecule has 0 bridgehead atoms. The molecule has 128 valence electrons. The van der Waals surface area contributed by atoms with Crippen molar-refractivity contribution in [2.75, 3.05) is 11.1 Å². The lowest BCUT2D eigenvalue weighted by Crippen LogP contribution is -2.08. The standard InChI is InChI=1S/C18H15BrCl2N4/c1-10-16(9-13-14(20)3-2-4-15(13)21)24-18(22)25-17(10)23-12-7-5-11(19)6-8-12/h2-8H,9H2,1H3,(H3,22,23,24,25). The maximum absolute atomic E-state index is 6.28. The van der Waals surface area contributed by atoms with Gasteiger partial charge in [0.2, 0.25) is 5.95 Å². The molecule has 25 heavy (non-hydrogen) atoms. The third-order valence-electron chi connectivity index (χ3n) is 3.78. The number of nitrogens with two attached hydrogens (primary N) is 1. The highest BCUT2D eigenvalue weighted by atomic mass is 79.9. The molecule has 3 aromatic rings. The fourth-order valence-corrected chi connectivity index (χ4v) is 3.21. The minimum absolute atomic E-state index is 0.198. The molecule has 0 saturated heterocycles. The molecular weight excluding hydrogens is 423 g/mol. The molecule has 0 radical (unpaired) electrons. The number of halogens is 3. The molecule has 0 spiro atoms. The summed E-state index contributed by atoms with van der Waals surface area (Å²) in [5, 5.41) is 4.48. The van der Waals surface area contributed by atoms with Crippen LogP contribution < -0.4 is 11.1 Å². The van der Waals surface area contributed by atoms with Crippen molar-refractivity contribution < 1.29 is 0 Å². The average Bonchev–Trinajstić information content (AvgIpc) is 2.57. The van der Waals surface area contributed by atoms with Crippen LogP contribution in [0.15, 0.2) is 46.9 Å². The Balaban J connectivity index is 1.96. The van der Waals surface area contributed by atoms with Crippen LogP contribution in [0, 0.1) is 6.92 Å². The number of hydrogen-bond donors (Lipinski definition) is 2. The molecule has 1 aromatic heterocycles. The predicted molar refractivity (Wildman–Crippen MR) is 108 cm³/mol. The third kappa shape index (κ3) is 4.24. The number of rotatable bonds is 4. The molecule has 3 N–H and O–H groups in total. The van der Waals surface area contributed by atoms with Crippen LogP contribution >= 0.6 is 39.1 Å². The van der Waals surface area contributed by atoms with Crippen LogP contribution in [0.3, 0.4) is 0 Å². The lowest BCUT2D eigenvalue weighted by Gasteiger charge is -2.14. The fourth-order valence-electron chi connectivity index (χ4n) is 2.41. The van der Waals surface area contributed by atoms with E-state index in [0.717, 1.165) is 27.0 Å². The van der Waals surface area contributed by atoms with Crippen LogP contribution in [0.5, 0.6) is 0 Å². The number of anilines is 3. The first-order valence-electron chi connectivity index (χ1n) is 7.52. The fraction of sp³-hybridized carbons (Fsp3) is 0.111. The van der Waals surface area contributed by atoms with E-state index < -0.39 is 0 Å². The first-order chi connectivity index (χ1) is 11.9. The Hall–Kier alpha value is -1.82. The normalized spacial score (nSPS) is 10.7. The van der Waals surface area contributed by atoms with E-state index in [0.29, 0.717) is 22.3 Å². The van der Waals surface area contributed by atoms with Gasteiger partial charge in [0.1, 0.15) is 5.82 Å². The second-order valence-electron chi connectivity index (χ2n) is 5.51. The summed E-state index contributed by atoms with van der Waals surface area (Å²) in [7, 11) is 0. The maximum Gasteiger partial charge on any atom is 0.222 e. The van der Waals surface area contributed by atoms with Gasteiger partial charge >= 0.3 is 0 Å². The summed E-state index contributed by atoms with van der Waals surface area (Å²) in [5.74, 6) is 0.858. The van der Waals surface area contributed by atoms with Gasteiger partial charge in [-0.05, 0) is 48.9 Å². The Bertz CT molecular complexity index is 893. The molecule has 0 aliphatic rings. The number of nitrogen functional groups attached to an aromatic ring is 1. The quantitative estimate of drug-likeness (QED) is 0.543. The zero-order valence-electron chi connectivity index (χ0n) is 13.4. The molecule has 7 heteroatoms. The predicted octanol–water partition coefficient (Wildman–Crippen LogP) is 5.77. The highest BCUT2D eigenvalue weighted by Crippen LogP contribution is 2.29. The Morgan fingerprint density at radius 1 is 1.04 bits per heavy atom. The van der Waals surface area contributed by atoms with Gasteiger partial charge in [-0.25, -0.2) is 4.98 Å². The van der Waals surface area contributed by atoms with Crippen LogP contribution in [-0.4, -0.2) is 9.97 Å². The molecule has 3 rings (SSSR count). The van der Waals surface area contributed by atoms with Gasteiger partial charge in [0.15, 0.2) is 0 Å². The largest absolute Gasteiger partial charge is 0.368 e. The molecule has 2 aromatic carbocycles. The summed E-state index contributed by atoms with van der Waals surface area (Å²) in [6.07, 6.45) is 0.478. The second kappa shape index (κ2) is 7.60. The summed E-state index contributed by atoms with van der Waals surface area (Å²) >= 11 is 16.0. The van der Waals surface area contributed by atoms with E-state index >= 15 is 0 Å². The Kier molecular flexibility index (Phi) is 5.47. The van der Waals surface area contributed by atoms with Crippen LogP contribution in [0.2, 0.25) is 10.0 Å². The van der Waals surface area contributed by atoms with Gasteiger partial charge in [-0.15, -0.1) is 0 Å². The van der Waals surface area contributed by atoms with E-state index in [1.165, 1.54) is 0 Å². The summed E-state index contributed by atoms with van der Waals surface area (Å²) < 4.78 is 1.01. The summed E-state index contributed by atoms with van der Waals surface area (Å²) in [5.41, 5.74) is 9.31. The summed E-state index contributed by atoms with van der Waals surface area (Å²) in [6.45, 7) is 1.95. The molecular formula is C18H15BrCl2N4. The molecule has 4 nitrogen and oxygen atoms in total. The van der Waals surface area contributed by atoms with Gasteiger partial charge in [0.25, 0.3) is 0 Å². The number of nitrogens with one attached hydrogen (secondary N) is 1. The van der Waals surface area contributed by atoms with Crippen molar-refractivity contribution in [2.45, 2.75) is 13.3 Å². The van der Waals surface area contributed by atoms with Crippen molar-refractivity contribution in [3.63, 3.8) is 0 Å². The number of aromatic nitrogens is 2. The highest BCUT2D eigenvalue weighted by Gasteiger charge is 2.14. The number of nitrogens with zero attached hydrogens (tertiary/aromatic N) is 2. The molecule has 0 atom stereocenters. The van der Waals surface area contributed by atoms with Gasteiger partial charge in [0.05, 0.1) is 5.69 Å². The van der Waals surface area contributed by atoms with Crippen molar-refractivity contribution in [3.05, 3.63) is 73.8 Å². The van der Waals surface area contributed by atoms with Crippen molar-refractivity contribution in [3.8, 4) is 0 Å². The minimum atomic E-state index is 0.198. The van der Waals surface area contributed by atoms with Crippen molar-refractivity contribution >= 4 is 56.6 Å². The van der Waals surface area contributed by atoms with Crippen LogP contribution in [-0.2, 0) is 6.42 Å². The van der Waals surface area contributed by atoms with E-state index in [9.17, 15) is 0 Å². The summed E-state index contributed by atoms with van der Waals surface area (Å²) in [4.78, 5) is 8.68. The highest BCUT2D eigenvalue weighted by molar-refractivity contribution is 9.10. The minimum Gasteiger partial charge on any atom is -0.368 e. The molecule has 0 saturated carbocycles. The number of benzene rings is 2. The first kappa shape index (κ1) is 18.0. The first-order valence-corrected chi connectivity index (χ1v) is 9.07. The molecule has 1 heterocycles. The van der Waals surface area contributed by atoms with E-state index in [4.69, 9.17) is 28.9 Å². The molecule has 0 fully saturated rings. The molecule has 0 aliphatic carbocycles. The number of hydrogen-bond acceptors (Lipinski definition) is 4. The van der Waals surface area contributed by atoms with E-state index in [-0.39, 0.29) is 5.95 Å². The van der Waals surface area contributed by atoms with E-state index in [2.05, 4.69) is 31.2 Å². The Morgan fingerprint density at radius 2 is 1.68 bits per heavy atom. The van der Waals surface area contributed by atoms with Gasteiger partial charge in [-0.2, -0.15) is 4.98 Å². The molecule has 0 amide bonds. The second-order valence-corrected chi connectivity index (χ2v) is 7.24. The van der Waals surface area contributed by atoms with Gasteiger partial charge in [0, 0.05) is 32.2 Å². The maximum atomic E-state index is 6.28. The van der Waals surface area contributed by atoms with Gasteiger partial charge < -0.3 is 11.1 Å². The lowest BCUT2D eigenvalue weighted by atomic mass is 10.1. The van der Waals surface area contributed by atoms with Crippen molar-refractivity contribution in [1.29, 1.82) is 0 Å². The smallest absolute Gasteiger partial charge is 0.222 e. The molecule has 0 unspecified atom stereocenters.